The van der Waals surface area contributed by atoms with Crippen LogP contribution in [0.15, 0.2) is 24.4 Å². The molecule has 2 aromatic heterocycles. The molecular formula is C20H26N4O3S. The first-order chi connectivity index (χ1) is 13.6. The summed E-state index contributed by atoms with van der Waals surface area (Å²) < 4.78 is 34.1. The van der Waals surface area contributed by atoms with Gasteiger partial charge >= 0.3 is 0 Å². The number of fused-ring (bicyclic) bond motifs is 1. The fraction of sp³-hybridized carbons (Fsp3) is 0.600. The molecule has 3 aliphatic rings. The van der Waals surface area contributed by atoms with Gasteiger partial charge in [0.15, 0.2) is 5.65 Å². The van der Waals surface area contributed by atoms with Gasteiger partial charge in [-0.3, -0.25) is 0 Å². The van der Waals surface area contributed by atoms with Crippen molar-refractivity contribution >= 4 is 21.2 Å². The molecule has 0 atom stereocenters. The maximum atomic E-state index is 12.8. The molecule has 0 radical (unpaired) electrons. The van der Waals surface area contributed by atoms with Gasteiger partial charge in [-0.05, 0) is 55.4 Å². The van der Waals surface area contributed by atoms with E-state index >= 15 is 0 Å². The third-order valence-corrected chi connectivity index (χ3v) is 8.16. The summed E-state index contributed by atoms with van der Waals surface area (Å²) in [5.74, 6) is 0.972. The Morgan fingerprint density at radius 2 is 1.64 bits per heavy atom. The van der Waals surface area contributed by atoms with Crippen molar-refractivity contribution < 1.29 is 13.2 Å². The first-order valence-corrected chi connectivity index (χ1v) is 11.6. The molecule has 7 nitrogen and oxygen atoms in total. The molecule has 4 heterocycles. The molecule has 0 N–H and O–H groups in total. The predicted octanol–water partition coefficient (Wildman–Crippen LogP) is 2.26. The van der Waals surface area contributed by atoms with Crippen molar-refractivity contribution in [1.29, 1.82) is 0 Å². The van der Waals surface area contributed by atoms with Crippen LogP contribution in [0.1, 0.15) is 48.8 Å². The molecule has 1 aliphatic carbocycles. The lowest BCUT2D eigenvalue weighted by Crippen LogP contribution is -2.50. The minimum atomic E-state index is -3.38. The summed E-state index contributed by atoms with van der Waals surface area (Å²) in [5.41, 5.74) is 3.15. The van der Waals surface area contributed by atoms with Gasteiger partial charge in [-0.25, -0.2) is 9.97 Å². The van der Waals surface area contributed by atoms with Crippen LogP contribution in [0.3, 0.4) is 0 Å². The van der Waals surface area contributed by atoms with Gasteiger partial charge in [0.1, 0.15) is 0 Å². The minimum Gasteiger partial charge on any atom is -0.379 e. The lowest BCUT2D eigenvalue weighted by molar-refractivity contribution is 0.0696. The van der Waals surface area contributed by atoms with Gasteiger partial charge in [-0.1, -0.05) is 0 Å². The second-order valence-electron chi connectivity index (χ2n) is 8.02. The molecular weight excluding hydrogens is 376 g/mol. The zero-order chi connectivity index (χ0) is 19.1. The second-order valence-corrected chi connectivity index (χ2v) is 9.95. The monoisotopic (exact) mass is 402 g/mol. The van der Waals surface area contributed by atoms with Gasteiger partial charge in [0.05, 0.1) is 13.2 Å². The SMILES string of the molecule is O=S(=O)(N1CCOCC1)N1CCC(c2ccc3cc(C4CC4)cnc3n2)CC1. The van der Waals surface area contributed by atoms with E-state index in [0.29, 0.717) is 45.3 Å². The molecule has 0 bridgehead atoms. The van der Waals surface area contributed by atoms with Crippen LogP contribution < -0.4 is 0 Å². The predicted molar refractivity (Wildman–Crippen MR) is 106 cm³/mol. The molecule has 28 heavy (non-hydrogen) atoms. The lowest BCUT2D eigenvalue weighted by Gasteiger charge is -2.36. The number of pyridine rings is 2. The van der Waals surface area contributed by atoms with Crippen LogP contribution in [0.4, 0.5) is 0 Å². The highest BCUT2D eigenvalue weighted by molar-refractivity contribution is 7.86. The number of piperidine rings is 1. The fourth-order valence-corrected chi connectivity index (χ4v) is 5.84. The molecule has 2 aliphatic heterocycles. The lowest BCUT2D eigenvalue weighted by atomic mass is 9.94. The Balaban J connectivity index is 1.27. The van der Waals surface area contributed by atoms with Crippen molar-refractivity contribution in [2.75, 3.05) is 39.4 Å². The summed E-state index contributed by atoms with van der Waals surface area (Å²) in [6.07, 6.45) is 6.09. The van der Waals surface area contributed by atoms with Crippen molar-refractivity contribution in [3.63, 3.8) is 0 Å². The summed E-state index contributed by atoms with van der Waals surface area (Å²) in [6.45, 7) is 2.93. The molecule has 0 unspecified atom stereocenters. The topological polar surface area (TPSA) is 75.6 Å². The third kappa shape index (κ3) is 3.54. The maximum Gasteiger partial charge on any atom is 0.282 e. The van der Waals surface area contributed by atoms with Crippen LogP contribution in [-0.4, -0.2) is 66.4 Å². The summed E-state index contributed by atoms with van der Waals surface area (Å²) in [7, 11) is -3.38. The number of ether oxygens (including phenoxy) is 1. The number of morpholine rings is 1. The Morgan fingerprint density at radius 1 is 0.929 bits per heavy atom. The van der Waals surface area contributed by atoms with Gasteiger partial charge in [0.25, 0.3) is 10.2 Å². The van der Waals surface area contributed by atoms with Gasteiger partial charge in [-0.15, -0.1) is 0 Å². The van der Waals surface area contributed by atoms with Crippen molar-refractivity contribution in [3.8, 4) is 0 Å². The van der Waals surface area contributed by atoms with E-state index in [9.17, 15) is 8.42 Å². The third-order valence-electron chi connectivity index (χ3n) is 6.13. The zero-order valence-corrected chi connectivity index (χ0v) is 16.8. The van der Waals surface area contributed by atoms with Crippen molar-refractivity contribution in [1.82, 2.24) is 18.6 Å². The van der Waals surface area contributed by atoms with E-state index < -0.39 is 10.2 Å². The summed E-state index contributed by atoms with van der Waals surface area (Å²) in [6, 6.07) is 6.43. The Kier molecular flexibility index (Phi) is 4.82. The fourth-order valence-electron chi connectivity index (χ4n) is 4.23. The van der Waals surface area contributed by atoms with Crippen LogP contribution in [0.5, 0.6) is 0 Å². The Hall–Kier alpha value is -1.61. The average molecular weight is 403 g/mol. The van der Waals surface area contributed by atoms with Crippen LogP contribution in [0.25, 0.3) is 11.0 Å². The highest BCUT2D eigenvalue weighted by Gasteiger charge is 2.34. The largest absolute Gasteiger partial charge is 0.379 e. The van der Waals surface area contributed by atoms with E-state index in [4.69, 9.17) is 9.72 Å². The second kappa shape index (κ2) is 7.33. The van der Waals surface area contributed by atoms with Crippen LogP contribution in [0.2, 0.25) is 0 Å². The number of nitrogens with zero attached hydrogens (tertiary/aromatic N) is 4. The molecule has 2 saturated heterocycles. The Labute approximate surface area is 165 Å². The maximum absolute atomic E-state index is 12.8. The first-order valence-electron chi connectivity index (χ1n) is 10.2. The highest BCUT2D eigenvalue weighted by Crippen LogP contribution is 2.40. The molecule has 3 fully saturated rings. The van der Waals surface area contributed by atoms with Crippen molar-refractivity contribution in [2.24, 2.45) is 0 Å². The van der Waals surface area contributed by atoms with E-state index in [1.165, 1.54) is 18.4 Å². The van der Waals surface area contributed by atoms with Crippen molar-refractivity contribution in [2.45, 2.75) is 37.5 Å². The van der Waals surface area contributed by atoms with E-state index in [1.807, 2.05) is 6.20 Å². The van der Waals surface area contributed by atoms with Crippen molar-refractivity contribution in [3.05, 3.63) is 35.7 Å². The summed E-state index contributed by atoms with van der Waals surface area (Å²) in [5, 5.41) is 1.10. The zero-order valence-electron chi connectivity index (χ0n) is 16.0. The molecule has 2 aromatic rings. The number of rotatable bonds is 4. The molecule has 150 valence electrons. The molecule has 1 saturated carbocycles. The van der Waals surface area contributed by atoms with Gasteiger partial charge in [0.2, 0.25) is 0 Å². The first kappa shape index (κ1) is 18.4. The minimum absolute atomic E-state index is 0.283. The summed E-state index contributed by atoms with van der Waals surface area (Å²) in [4.78, 5) is 9.37. The smallest absolute Gasteiger partial charge is 0.282 e. The number of hydrogen-bond acceptors (Lipinski definition) is 5. The van der Waals surface area contributed by atoms with Gasteiger partial charge < -0.3 is 4.74 Å². The van der Waals surface area contributed by atoms with Crippen LogP contribution >= 0.6 is 0 Å². The molecule has 5 rings (SSSR count). The van der Waals surface area contributed by atoms with Gasteiger partial charge in [0, 0.05) is 49.4 Å². The number of aromatic nitrogens is 2. The normalized spacial score (nSPS) is 23.3. The van der Waals surface area contributed by atoms with E-state index in [1.54, 1.807) is 8.61 Å². The average Bonchev–Trinajstić information content (AvgIpc) is 3.59. The summed E-state index contributed by atoms with van der Waals surface area (Å²) >= 11 is 0. The van der Waals surface area contributed by atoms with E-state index in [-0.39, 0.29) is 5.92 Å². The van der Waals surface area contributed by atoms with Crippen LogP contribution in [-0.2, 0) is 14.9 Å². The quantitative estimate of drug-likeness (QED) is 0.784. The Morgan fingerprint density at radius 3 is 2.36 bits per heavy atom. The van der Waals surface area contributed by atoms with E-state index in [0.717, 1.165) is 29.6 Å². The van der Waals surface area contributed by atoms with Gasteiger partial charge in [-0.2, -0.15) is 17.0 Å². The molecule has 0 amide bonds. The molecule has 0 aromatic carbocycles. The van der Waals surface area contributed by atoms with Crippen LogP contribution in [0, 0.1) is 0 Å². The highest BCUT2D eigenvalue weighted by atomic mass is 32.2. The molecule has 0 spiro atoms. The molecule has 8 heteroatoms. The Bertz CT molecular complexity index is 963. The number of hydrogen-bond donors (Lipinski definition) is 0. The standard InChI is InChI=1S/C20H26N4O3S/c25-28(26,24-9-11-27-12-10-24)23-7-5-16(6-8-23)19-4-3-17-13-18(15-1-2-15)14-21-20(17)22-19/h3-4,13-16H,1-2,5-12H2. The van der Waals surface area contributed by atoms with E-state index in [2.05, 4.69) is 23.2 Å².